The number of benzene rings is 1. The Bertz CT molecular complexity index is 1250. The number of hydrogen-bond donors (Lipinski definition) is 2. The van der Waals surface area contributed by atoms with Gasteiger partial charge in [-0.2, -0.15) is 5.26 Å². The minimum absolute atomic E-state index is 0.00944. The number of thiophene rings is 1. The third-order valence-corrected chi connectivity index (χ3v) is 8.10. The van der Waals surface area contributed by atoms with Crippen molar-refractivity contribution in [3.63, 3.8) is 0 Å². The summed E-state index contributed by atoms with van der Waals surface area (Å²) in [7, 11) is 0. The van der Waals surface area contributed by atoms with Gasteiger partial charge in [-0.15, -0.1) is 11.3 Å². The zero-order valence-electron chi connectivity index (χ0n) is 19.9. The van der Waals surface area contributed by atoms with Crippen LogP contribution in [0.3, 0.4) is 0 Å². The van der Waals surface area contributed by atoms with Crippen molar-refractivity contribution < 1.29 is 19.1 Å². The van der Waals surface area contributed by atoms with E-state index in [1.165, 1.54) is 12.1 Å². The molecule has 1 saturated carbocycles. The predicted octanol–water partition coefficient (Wildman–Crippen LogP) is 5.95. The molecule has 2 N–H and O–H groups in total. The Hall–Kier alpha value is -3.24. The standard InChI is InChI=1S/C28H29FN2O3S/c1-16-25(13-18-3-5-20(6-4-18)22-11-19(15-30)12-23(29)14-22)26(17(2)35-16)27(32)31-24-9-7-21(8-10-24)28(33)34/h3,5-6,11-12,14,18,21,24H,4,7-10,13H2,1-2H3,(H,31,32)(H,33,34). The van der Waals surface area contributed by atoms with E-state index in [9.17, 15) is 19.1 Å². The zero-order chi connectivity index (χ0) is 25.1. The lowest BCUT2D eigenvalue weighted by molar-refractivity contribution is -0.142. The molecule has 2 aliphatic carbocycles. The summed E-state index contributed by atoms with van der Waals surface area (Å²) < 4.78 is 13.9. The number of nitrogens with zero attached hydrogens (tertiary/aromatic N) is 1. The molecule has 0 bridgehead atoms. The molecule has 1 aromatic heterocycles. The van der Waals surface area contributed by atoms with Crippen LogP contribution in [0.5, 0.6) is 0 Å². The smallest absolute Gasteiger partial charge is 0.306 e. The van der Waals surface area contributed by atoms with E-state index in [4.69, 9.17) is 5.26 Å². The first-order valence-corrected chi connectivity index (χ1v) is 12.8. The van der Waals surface area contributed by atoms with Crippen molar-refractivity contribution >= 4 is 28.8 Å². The van der Waals surface area contributed by atoms with Crippen molar-refractivity contribution in [2.75, 3.05) is 0 Å². The third kappa shape index (κ3) is 5.71. The molecule has 5 nitrogen and oxygen atoms in total. The number of aliphatic carboxylic acids is 1. The molecule has 35 heavy (non-hydrogen) atoms. The van der Waals surface area contributed by atoms with Gasteiger partial charge < -0.3 is 10.4 Å². The molecule has 1 unspecified atom stereocenters. The summed E-state index contributed by atoms with van der Waals surface area (Å²) in [5.74, 6) is -1.33. The topological polar surface area (TPSA) is 90.2 Å². The number of nitriles is 1. The summed E-state index contributed by atoms with van der Waals surface area (Å²) in [6.45, 7) is 4.02. The van der Waals surface area contributed by atoms with E-state index < -0.39 is 11.8 Å². The van der Waals surface area contributed by atoms with Gasteiger partial charge in [0, 0.05) is 15.8 Å². The maximum atomic E-state index is 13.9. The predicted molar refractivity (Wildman–Crippen MR) is 135 cm³/mol. The summed E-state index contributed by atoms with van der Waals surface area (Å²) in [5, 5.41) is 21.5. The monoisotopic (exact) mass is 492 g/mol. The first-order chi connectivity index (χ1) is 16.7. The van der Waals surface area contributed by atoms with Gasteiger partial charge >= 0.3 is 5.97 Å². The Morgan fingerprint density at radius 1 is 1.17 bits per heavy atom. The van der Waals surface area contributed by atoms with Crippen LogP contribution in [0.25, 0.3) is 5.57 Å². The van der Waals surface area contributed by atoms with Crippen LogP contribution in [0, 0.1) is 42.8 Å². The maximum absolute atomic E-state index is 13.9. The van der Waals surface area contributed by atoms with E-state index in [1.54, 1.807) is 17.4 Å². The van der Waals surface area contributed by atoms with Crippen LogP contribution in [0.15, 0.2) is 36.4 Å². The molecule has 0 aliphatic heterocycles. The van der Waals surface area contributed by atoms with Gasteiger partial charge in [0.2, 0.25) is 0 Å². The number of hydrogen-bond acceptors (Lipinski definition) is 4. The van der Waals surface area contributed by atoms with Gasteiger partial charge in [-0.1, -0.05) is 18.2 Å². The number of carboxylic acids is 1. The Labute approximate surface area is 209 Å². The molecule has 1 amide bonds. The number of carboxylic acid groups (broad SMARTS) is 1. The highest BCUT2D eigenvalue weighted by Crippen LogP contribution is 2.34. The number of halogens is 1. The van der Waals surface area contributed by atoms with Crippen molar-refractivity contribution in [3.05, 3.63) is 74.3 Å². The summed E-state index contributed by atoms with van der Waals surface area (Å²) in [6, 6.07) is 6.37. The van der Waals surface area contributed by atoms with Crippen LogP contribution in [-0.2, 0) is 11.2 Å². The first kappa shape index (κ1) is 24.9. The van der Waals surface area contributed by atoms with Crippen LogP contribution < -0.4 is 5.32 Å². The fourth-order valence-electron chi connectivity index (χ4n) is 5.13. The molecule has 182 valence electrons. The molecule has 0 spiro atoms. The van der Waals surface area contributed by atoms with Gasteiger partial charge in [0.05, 0.1) is 23.1 Å². The lowest BCUT2D eigenvalue weighted by Crippen LogP contribution is -2.39. The molecule has 0 saturated heterocycles. The van der Waals surface area contributed by atoms with E-state index >= 15 is 0 Å². The number of carbonyl (C=O) groups is 2. The number of rotatable bonds is 6. The quantitative estimate of drug-likeness (QED) is 0.521. The maximum Gasteiger partial charge on any atom is 0.306 e. The van der Waals surface area contributed by atoms with E-state index in [2.05, 4.69) is 17.5 Å². The van der Waals surface area contributed by atoms with Crippen molar-refractivity contribution in [1.82, 2.24) is 5.32 Å². The molecule has 1 aromatic carbocycles. The Kier molecular flexibility index (Phi) is 7.51. The van der Waals surface area contributed by atoms with Crippen LogP contribution in [-0.4, -0.2) is 23.0 Å². The van der Waals surface area contributed by atoms with Gasteiger partial charge in [-0.25, -0.2) is 4.39 Å². The fourth-order valence-corrected chi connectivity index (χ4v) is 6.21. The molecule has 4 rings (SSSR count). The second-order valence-corrected chi connectivity index (χ2v) is 10.9. The molecular weight excluding hydrogens is 463 g/mol. The molecular formula is C28H29FN2O3S. The average Bonchev–Trinajstić information content (AvgIpc) is 3.11. The number of amides is 1. The SMILES string of the molecule is Cc1sc(C)c(C(=O)NC2CCC(C(=O)O)CC2)c1CC1C=CC(c2cc(F)cc(C#N)c2)=CC1. The summed E-state index contributed by atoms with van der Waals surface area (Å²) in [4.78, 5) is 26.6. The fraction of sp³-hybridized carbons (Fsp3) is 0.393. The van der Waals surface area contributed by atoms with Gasteiger partial charge in [0.25, 0.3) is 5.91 Å². The number of aryl methyl sites for hydroxylation is 2. The molecule has 7 heteroatoms. The Balaban J connectivity index is 1.44. The molecule has 0 radical (unpaired) electrons. The van der Waals surface area contributed by atoms with Crippen LogP contribution in [0.2, 0.25) is 0 Å². The van der Waals surface area contributed by atoms with Crippen molar-refractivity contribution in [1.29, 1.82) is 5.26 Å². The summed E-state index contributed by atoms with van der Waals surface area (Å²) >= 11 is 1.63. The van der Waals surface area contributed by atoms with Gasteiger partial charge in [0.15, 0.2) is 0 Å². The minimum Gasteiger partial charge on any atom is -0.481 e. The summed E-state index contributed by atoms with van der Waals surface area (Å²) in [6.07, 6.45) is 10.2. The highest BCUT2D eigenvalue weighted by molar-refractivity contribution is 7.12. The first-order valence-electron chi connectivity index (χ1n) is 12.0. The van der Waals surface area contributed by atoms with E-state index in [0.29, 0.717) is 36.8 Å². The molecule has 1 fully saturated rings. The normalized spacial score (nSPS) is 21.8. The van der Waals surface area contributed by atoms with Crippen molar-refractivity contribution in [2.45, 2.75) is 58.4 Å². The average molecular weight is 493 g/mol. The zero-order valence-corrected chi connectivity index (χ0v) is 20.8. The molecule has 2 aliphatic rings. The van der Waals surface area contributed by atoms with Crippen LogP contribution in [0.4, 0.5) is 4.39 Å². The van der Waals surface area contributed by atoms with E-state index in [1.807, 2.05) is 26.0 Å². The van der Waals surface area contributed by atoms with Crippen LogP contribution in [0.1, 0.15) is 68.9 Å². The number of carbonyl (C=O) groups excluding carboxylic acids is 1. The highest BCUT2D eigenvalue weighted by Gasteiger charge is 2.29. The highest BCUT2D eigenvalue weighted by atomic mass is 32.1. The number of nitrogens with one attached hydrogen (secondary N) is 1. The lowest BCUT2D eigenvalue weighted by atomic mass is 9.85. The minimum atomic E-state index is -0.748. The van der Waals surface area contributed by atoms with Crippen molar-refractivity contribution in [3.8, 4) is 6.07 Å². The van der Waals surface area contributed by atoms with Crippen molar-refractivity contribution in [2.24, 2.45) is 11.8 Å². The van der Waals surface area contributed by atoms with Crippen LogP contribution >= 0.6 is 11.3 Å². The molecule has 2 aromatic rings. The second kappa shape index (κ2) is 10.6. The largest absolute Gasteiger partial charge is 0.481 e. The second-order valence-electron chi connectivity index (χ2n) is 9.49. The van der Waals surface area contributed by atoms with Gasteiger partial charge in [-0.05, 0) is 93.2 Å². The lowest BCUT2D eigenvalue weighted by Gasteiger charge is -2.27. The number of allylic oxidation sites excluding steroid dienone is 4. The summed E-state index contributed by atoms with van der Waals surface area (Å²) in [5.41, 5.74) is 3.70. The van der Waals surface area contributed by atoms with E-state index in [-0.39, 0.29) is 23.8 Å². The van der Waals surface area contributed by atoms with E-state index in [0.717, 1.165) is 39.3 Å². The Morgan fingerprint density at radius 3 is 2.54 bits per heavy atom. The van der Waals surface area contributed by atoms with Gasteiger partial charge in [0.1, 0.15) is 5.82 Å². The Morgan fingerprint density at radius 2 is 1.91 bits per heavy atom. The van der Waals surface area contributed by atoms with Gasteiger partial charge in [-0.3, -0.25) is 9.59 Å². The third-order valence-electron chi connectivity index (χ3n) is 7.04. The molecule has 1 heterocycles. The molecule has 1 atom stereocenters.